The van der Waals surface area contributed by atoms with Gasteiger partial charge in [-0.15, -0.1) is 11.8 Å². The van der Waals surface area contributed by atoms with Gasteiger partial charge in [0.2, 0.25) is 0 Å². The van der Waals surface area contributed by atoms with Crippen LogP contribution in [0.3, 0.4) is 0 Å². The molecule has 0 saturated heterocycles. The maximum atomic E-state index is 13.5. The van der Waals surface area contributed by atoms with Crippen molar-refractivity contribution in [1.29, 1.82) is 0 Å². The highest BCUT2D eigenvalue weighted by atomic mass is 32.2. The summed E-state index contributed by atoms with van der Waals surface area (Å²) in [5.74, 6) is 0.892. The van der Waals surface area contributed by atoms with Crippen LogP contribution in [0.25, 0.3) is 5.57 Å². The monoisotopic (exact) mass is 457 g/mol. The Hall–Kier alpha value is -3.31. The van der Waals surface area contributed by atoms with Gasteiger partial charge in [0.25, 0.3) is 11.8 Å². The Bertz CT molecular complexity index is 1150. The van der Waals surface area contributed by atoms with Crippen LogP contribution in [0.5, 0.6) is 5.75 Å². The molecule has 1 heterocycles. The zero-order valence-electron chi connectivity index (χ0n) is 18.9. The second kappa shape index (κ2) is 10.5. The van der Waals surface area contributed by atoms with Gasteiger partial charge in [-0.2, -0.15) is 0 Å². The van der Waals surface area contributed by atoms with E-state index in [9.17, 15) is 9.59 Å². The summed E-state index contributed by atoms with van der Waals surface area (Å²) >= 11 is 1.42. The van der Waals surface area contributed by atoms with Crippen molar-refractivity contribution < 1.29 is 14.3 Å². The van der Waals surface area contributed by atoms with E-state index in [1.807, 2.05) is 85.8 Å². The first-order valence-electron chi connectivity index (χ1n) is 11.1. The Morgan fingerprint density at radius 1 is 0.818 bits per heavy atom. The molecule has 0 radical (unpaired) electrons. The molecule has 5 heteroatoms. The molecule has 0 N–H and O–H groups in total. The number of amides is 2. The number of nitrogens with zero attached hydrogens (tertiary/aromatic N) is 1. The lowest BCUT2D eigenvalue weighted by Gasteiger charge is -2.15. The van der Waals surface area contributed by atoms with E-state index in [0.29, 0.717) is 22.8 Å². The number of rotatable bonds is 9. The average molecular weight is 458 g/mol. The maximum absolute atomic E-state index is 13.5. The summed E-state index contributed by atoms with van der Waals surface area (Å²) in [6.07, 6.45) is 0.925. The first-order valence-corrected chi connectivity index (χ1v) is 12.1. The molecule has 168 valence electrons. The Labute approximate surface area is 199 Å². The molecular weight excluding hydrogens is 430 g/mol. The molecule has 33 heavy (non-hydrogen) atoms. The van der Waals surface area contributed by atoms with E-state index in [4.69, 9.17) is 4.74 Å². The lowest BCUT2D eigenvalue weighted by molar-refractivity contribution is -0.137. The average Bonchev–Trinajstić information content (AvgIpc) is 3.08. The van der Waals surface area contributed by atoms with Gasteiger partial charge in [-0.05, 0) is 42.2 Å². The topological polar surface area (TPSA) is 46.6 Å². The molecule has 0 spiro atoms. The van der Waals surface area contributed by atoms with Gasteiger partial charge in [0.15, 0.2) is 0 Å². The van der Waals surface area contributed by atoms with Crippen molar-refractivity contribution in [1.82, 2.24) is 4.90 Å². The number of benzene rings is 3. The van der Waals surface area contributed by atoms with Crippen LogP contribution in [0.2, 0.25) is 0 Å². The number of carbonyl (C=O) groups excluding carboxylic acids is 2. The van der Waals surface area contributed by atoms with Crippen LogP contribution < -0.4 is 4.74 Å². The molecule has 3 aromatic rings. The molecule has 0 atom stereocenters. The van der Waals surface area contributed by atoms with E-state index >= 15 is 0 Å². The SMILES string of the molecule is CCCOc1ccc(C2=C(SCc3ccccc3)C(=O)N(Cc3ccc(C)cc3)C2=O)cc1. The molecule has 0 aromatic heterocycles. The van der Waals surface area contributed by atoms with E-state index < -0.39 is 0 Å². The van der Waals surface area contributed by atoms with E-state index in [0.717, 1.165) is 34.4 Å². The molecule has 1 aliphatic rings. The summed E-state index contributed by atoms with van der Waals surface area (Å²) in [7, 11) is 0. The number of carbonyl (C=O) groups is 2. The van der Waals surface area contributed by atoms with E-state index in [2.05, 4.69) is 6.92 Å². The highest BCUT2D eigenvalue weighted by Crippen LogP contribution is 2.38. The summed E-state index contributed by atoms with van der Waals surface area (Å²) in [5, 5.41) is 0. The third kappa shape index (κ3) is 5.37. The Morgan fingerprint density at radius 3 is 2.18 bits per heavy atom. The van der Waals surface area contributed by atoms with Crippen molar-refractivity contribution in [3.05, 3.63) is 106 Å². The summed E-state index contributed by atoms with van der Waals surface area (Å²) in [6.45, 7) is 4.97. The molecule has 3 aromatic carbocycles. The van der Waals surface area contributed by atoms with Gasteiger partial charge in [-0.3, -0.25) is 14.5 Å². The standard InChI is InChI=1S/C28H27NO3S/c1-3-17-32-24-15-13-23(14-16-24)25-26(33-19-22-7-5-4-6-8-22)28(31)29(27(25)30)18-21-11-9-20(2)10-12-21/h4-16H,3,17-19H2,1-2H3. The Kier molecular flexibility index (Phi) is 7.30. The van der Waals surface area contributed by atoms with Gasteiger partial charge < -0.3 is 4.74 Å². The normalized spacial score (nSPS) is 13.7. The number of ether oxygens (including phenoxy) is 1. The summed E-state index contributed by atoms with van der Waals surface area (Å²) in [4.78, 5) is 28.7. The zero-order valence-corrected chi connectivity index (χ0v) is 19.7. The Balaban J connectivity index is 1.63. The quantitative estimate of drug-likeness (QED) is 0.370. The molecule has 0 saturated carbocycles. The van der Waals surface area contributed by atoms with Crippen molar-refractivity contribution >= 4 is 29.1 Å². The van der Waals surface area contributed by atoms with Crippen molar-refractivity contribution in [2.24, 2.45) is 0 Å². The van der Waals surface area contributed by atoms with Crippen LogP contribution in [0.4, 0.5) is 0 Å². The lowest BCUT2D eigenvalue weighted by Crippen LogP contribution is -2.30. The van der Waals surface area contributed by atoms with Crippen LogP contribution in [0.1, 0.15) is 35.6 Å². The summed E-state index contributed by atoms with van der Waals surface area (Å²) < 4.78 is 5.68. The molecule has 0 aliphatic carbocycles. The van der Waals surface area contributed by atoms with Crippen LogP contribution >= 0.6 is 11.8 Å². The van der Waals surface area contributed by atoms with Crippen LogP contribution in [0, 0.1) is 6.92 Å². The second-order valence-electron chi connectivity index (χ2n) is 8.03. The minimum atomic E-state index is -0.252. The number of aryl methyl sites for hydroxylation is 1. The fourth-order valence-corrected chi connectivity index (χ4v) is 4.72. The fourth-order valence-electron chi connectivity index (χ4n) is 3.63. The summed E-state index contributed by atoms with van der Waals surface area (Å²) in [6, 6.07) is 25.3. The maximum Gasteiger partial charge on any atom is 0.268 e. The van der Waals surface area contributed by atoms with Crippen LogP contribution in [-0.4, -0.2) is 23.3 Å². The van der Waals surface area contributed by atoms with Crippen molar-refractivity contribution in [2.45, 2.75) is 32.6 Å². The molecule has 0 unspecified atom stereocenters. The zero-order chi connectivity index (χ0) is 23.2. The van der Waals surface area contributed by atoms with Gasteiger partial charge >= 0.3 is 0 Å². The molecule has 0 fully saturated rings. The first-order chi connectivity index (χ1) is 16.1. The van der Waals surface area contributed by atoms with Crippen molar-refractivity contribution in [2.75, 3.05) is 6.61 Å². The summed E-state index contributed by atoms with van der Waals surface area (Å²) in [5.41, 5.74) is 4.38. The van der Waals surface area contributed by atoms with Crippen molar-refractivity contribution in [3.8, 4) is 5.75 Å². The number of imide groups is 1. The minimum absolute atomic E-state index is 0.234. The van der Waals surface area contributed by atoms with E-state index in [1.54, 1.807) is 0 Å². The number of hydrogen-bond acceptors (Lipinski definition) is 4. The smallest absolute Gasteiger partial charge is 0.268 e. The molecule has 4 nitrogen and oxygen atoms in total. The van der Waals surface area contributed by atoms with Crippen LogP contribution in [0.15, 0.2) is 83.8 Å². The molecule has 1 aliphatic heterocycles. The predicted molar refractivity (Wildman–Crippen MR) is 134 cm³/mol. The van der Waals surface area contributed by atoms with Gasteiger partial charge in [-0.25, -0.2) is 0 Å². The predicted octanol–water partition coefficient (Wildman–Crippen LogP) is 6.00. The lowest BCUT2D eigenvalue weighted by atomic mass is 10.1. The van der Waals surface area contributed by atoms with Gasteiger partial charge in [0, 0.05) is 5.75 Å². The molecule has 0 bridgehead atoms. The second-order valence-corrected chi connectivity index (χ2v) is 9.02. The first kappa shape index (κ1) is 22.9. The van der Waals surface area contributed by atoms with Gasteiger partial charge in [0.1, 0.15) is 5.75 Å². The van der Waals surface area contributed by atoms with Gasteiger partial charge in [0.05, 0.1) is 23.6 Å². The fraction of sp³-hybridized carbons (Fsp3) is 0.214. The van der Waals surface area contributed by atoms with Gasteiger partial charge in [-0.1, -0.05) is 79.2 Å². The third-order valence-corrected chi connectivity index (χ3v) is 6.57. The molecular formula is C28H27NO3S. The molecule has 2 amide bonds. The number of thioether (sulfide) groups is 1. The Morgan fingerprint density at radius 2 is 1.52 bits per heavy atom. The number of hydrogen-bond donors (Lipinski definition) is 0. The van der Waals surface area contributed by atoms with Crippen LogP contribution in [-0.2, 0) is 21.9 Å². The molecule has 4 rings (SSSR count). The third-order valence-electron chi connectivity index (χ3n) is 5.43. The minimum Gasteiger partial charge on any atom is -0.494 e. The largest absolute Gasteiger partial charge is 0.494 e. The van der Waals surface area contributed by atoms with E-state index in [-0.39, 0.29) is 18.4 Å². The highest BCUT2D eigenvalue weighted by molar-refractivity contribution is 8.03. The highest BCUT2D eigenvalue weighted by Gasteiger charge is 2.39. The van der Waals surface area contributed by atoms with Crippen molar-refractivity contribution in [3.63, 3.8) is 0 Å². The van der Waals surface area contributed by atoms with E-state index in [1.165, 1.54) is 16.7 Å².